The molecule has 1 aliphatic rings. The molecule has 22 heavy (non-hydrogen) atoms. The summed E-state index contributed by atoms with van der Waals surface area (Å²) < 4.78 is 0. The van der Waals surface area contributed by atoms with Crippen LogP contribution in [0.4, 0.5) is 5.69 Å². The van der Waals surface area contributed by atoms with Crippen molar-refractivity contribution in [1.29, 1.82) is 0 Å². The van der Waals surface area contributed by atoms with E-state index in [4.69, 9.17) is 0 Å². The first-order valence-corrected chi connectivity index (χ1v) is 7.81. The summed E-state index contributed by atoms with van der Waals surface area (Å²) in [7, 11) is 0. The number of hydrogen-bond acceptors (Lipinski definition) is 3. The van der Waals surface area contributed by atoms with Crippen molar-refractivity contribution in [2.45, 2.75) is 33.7 Å². The number of hydrogen-bond donors (Lipinski definition) is 3. The first-order valence-electron chi connectivity index (χ1n) is 7.81. The molecule has 1 heterocycles. The Hall–Kier alpha value is -1.88. The van der Waals surface area contributed by atoms with E-state index in [0.29, 0.717) is 11.5 Å². The Morgan fingerprint density at radius 2 is 1.91 bits per heavy atom. The molecule has 2 rings (SSSR count). The Balaban J connectivity index is 2.02. The second-order valence-corrected chi connectivity index (χ2v) is 6.35. The van der Waals surface area contributed by atoms with E-state index >= 15 is 0 Å². The number of aryl methyl sites for hydroxylation is 1. The third-order valence-electron chi connectivity index (χ3n) is 4.09. The molecule has 5 heteroatoms. The molecule has 120 valence electrons. The zero-order valence-electron chi connectivity index (χ0n) is 13.7. The van der Waals surface area contributed by atoms with Gasteiger partial charge in [0.2, 0.25) is 5.91 Å². The van der Waals surface area contributed by atoms with E-state index in [2.05, 4.69) is 16.0 Å². The maximum atomic E-state index is 12.2. The molecule has 0 aromatic heterocycles. The lowest BCUT2D eigenvalue weighted by atomic mass is 9.88. The third-order valence-corrected chi connectivity index (χ3v) is 4.09. The third kappa shape index (κ3) is 3.85. The molecule has 0 radical (unpaired) electrons. The van der Waals surface area contributed by atoms with Crippen molar-refractivity contribution < 1.29 is 9.59 Å². The van der Waals surface area contributed by atoms with Gasteiger partial charge in [0.15, 0.2) is 0 Å². The first kappa shape index (κ1) is 16.5. The quantitative estimate of drug-likeness (QED) is 0.778. The summed E-state index contributed by atoms with van der Waals surface area (Å²) in [5, 5.41) is 9.00. The van der Waals surface area contributed by atoms with Crippen molar-refractivity contribution in [2.24, 2.45) is 11.8 Å². The van der Waals surface area contributed by atoms with E-state index in [9.17, 15) is 9.59 Å². The lowest BCUT2D eigenvalue weighted by molar-refractivity contribution is -0.121. The molecule has 0 aliphatic carbocycles. The van der Waals surface area contributed by atoms with Crippen LogP contribution in [-0.4, -0.2) is 30.9 Å². The van der Waals surface area contributed by atoms with Crippen molar-refractivity contribution in [1.82, 2.24) is 10.6 Å². The topological polar surface area (TPSA) is 70.2 Å². The van der Waals surface area contributed by atoms with Crippen LogP contribution < -0.4 is 16.0 Å². The molecule has 1 fully saturated rings. The van der Waals surface area contributed by atoms with Crippen molar-refractivity contribution in [3.8, 4) is 0 Å². The maximum absolute atomic E-state index is 12.2. The first-order chi connectivity index (χ1) is 10.4. The van der Waals surface area contributed by atoms with Crippen LogP contribution in [0.3, 0.4) is 0 Å². The number of amides is 2. The number of carbonyl (C=O) groups is 2. The zero-order chi connectivity index (χ0) is 16.3. The molecule has 1 aliphatic heterocycles. The molecular formula is C17H25N3O2. The van der Waals surface area contributed by atoms with Gasteiger partial charge in [-0.2, -0.15) is 0 Å². The molecule has 1 unspecified atom stereocenters. The van der Waals surface area contributed by atoms with Gasteiger partial charge in [0.25, 0.3) is 5.91 Å². The monoisotopic (exact) mass is 303 g/mol. The molecule has 3 N–H and O–H groups in total. The zero-order valence-corrected chi connectivity index (χ0v) is 13.7. The molecule has 0 spiro atoms. The van der Waals surface area contributed by atoms with Gasteiger partial charge in [0, 0.05) is 23.2 Å². The minimum atomic E-state index is -0.0840. The summed E-state index contributed by atoms with van der Waals surface area (Å²) in [5.41, 5.74) is 2.24. The predicted octanol–water partition coefficient (Wildman–Crippen LogP) is 1.93. The fraction of sp³-hybridized carbons (Fsp3) is 0.529. The van der Waals surface area contributed by atoms with Crippen LogP contribution >= 0.6 is 0 Å². The van der Waals surface area contributed by atoms with Crippen LogP contribution in [0.25, 0.3) is 0 Å². The van der Waals surface area contributed by atoms with E-state index in [0.717, 1.165) is 24.3 Å². The molecule has 1 aromatic rings. The molecule has 5 nitrogen and oxygen atoms in total. The molecule has 1 saturated heterocycles. The summed E-state index contributed by atoms with van der Waals surface area (Å²) in [6.07, 6.45) is 0. The number of carbonyl (C=O) groups excluding carboxylic acids is 2. The Morgan fingerprint density at radius 3 is 2.41 bits per heavy atom. The number of nitrogens with one attached hydrogen (secondary N) is 3. The van der Waals surface area contributed by atoms with Gasteiger partial charge >= 0.3 is 0 Å². The average molecular weight is 303 g/mol. The Labute approximate surface area is 131 Å². The van der Waals surface area contributed by atoms with Crippen LogP contribution in [0.15, 0.2) is 18.2 Å². The summed E-state index contributed by atoms with van der Waals surface area (Å²) in [5.74, 6) is 0.354. The molecule has 0 bridgehead atoms. The fourth-order valence-electron chi connectivity index (χ4n) is 2.47. The average Bonchev–Trinajstić information content (AvgIpc) is 2.35. The minimum Gasteiger partial charge on any atom is -0.350 e. The highest BCUT2D eigenvalue weighted by molar-refractivity contribution is 5.97. The number of rotatable bonds is 5. The van der Waals surface area contributed by atoms with E-state index in [1.165, 1.54) is 0 Å². The van der Waals surface area contributed by atoms with Gasteiger partial charge in [0.05, 0.1) is 0 Å². The Bertz CT molecular complexity index is 565. The predicted molar refractivity (Wildman–Crippen MR) is 87.9 cm³/mol. The van der Waals surface area contributed by atoms with Crippen molar-refractivity contribution in [3.63, 3.8) is 0 Å². The Kier molecular flexibility index (Phi) is 5.19. The standard InChI is InChI=1S/C17H25N3O2/c1-10(2)19-17(22)15-6-5-14(7-11(15)3)20-16(21)12(4)13-8-18-9-13/h5-7,10,12-13,18H,8-9H2,1-4H3,(H,19,22)(H,20,21). The second-order valence-electron chi connectivity index (χ2n) is 6.35. The SMILES string of the molecule is Cc1cc(NC(=O)C(C)C2CNC2)ccc1C(=O)NC(C)C. The van der Waals surface area contributed by atoms with Gasteiger partial charge in [-0.15, -0.1) is 0 Å². The molecular weight excluding hydrogens is 278 g/mol. The molecule has 0 saturated carbocycles. The van der Waals surface area contributed by atoms with E-state index in [1.54, 1.807) is 12.1 Å². The van der Waals surface area contributed by atoms with Crippen molar-refractivity contribution in [2.75, 3.05) is 18.4 Å². The van der Waals surface area contributed by atoms with Crippen molar-refractivity contribution in [3.05, 3.63) is 29.3 Å². The van der Waals surface area contributed by atoms with E-state index in [1.807, 2.05) is 33.8 Å². The van der Waals surface area contributed by atoms with Gasteiger partial charge in [-0.25, -0.2) is 0 Å². The van der Waals surface area contributed by atoms with Crippen LogP contribution in [0, 0.1) is 18.8 Å². The highest BCUT2D eigenvalue weighted by Gasteiger charge is 2.28. The maximum Gasteiger partial charge on any atom is 0.251 e. The van der Waals surface area contributed by atoms with Crippen LogP contribution in [0.1, 0.15) is 36.7 Å². The van der Waals surface area contributed by atoms with Crippen LogP contribution in [0.2, 0.25) is 0 Å². The van der Waals surface area contributed by atoms with Gasteiger partial charge < -0.3 is 16.0 Å². The number of benzene rings is 1. The van der Waals surface area contributed by atoms with Gasteiger partial charge in [-0.1, -0.05) is 6.92 Å². The number of anilines is 1. The van der Waals surface area contributed by atoms with E-state index < -0.39 is 0 Å². The molecule has 1 atom stereocenters. The second kappa shape index (κ2) is 6.92. The molecule has 1 aromatic carbocycles. The lowest BCUT2D eigenvalue weighted by Crippen LogP contribution is -2.48. The highest BCUT2D eigenvalue weighted by atomic mass is 16.2. The normalized spacial score (nSPS) is 16.0. The summed E-state index contributed by atoms with van der Waals surface area (Å²) in [6, 6.07) is 5.49. The van der Waals surface area contributed by atoms with Crippen LogP contribution in [-0.2, 0) is 4.79 Å². The van der Waals surface area contributed by atoms with Crippen molar-refractivity contribution >= 4 is 17.5 Å². The smallest absolute Gasteiger partial charge is 0.251 e. The lowest BCUT2D eigenvalue weighted by Gasteiger charge is -2.31. The summed E-state index contributed by atoms with van der Waals surface area (Å²) >= 11 is 0. The fourth-order valence-corrected chi connectivity index (χ4v) is 2.47. The van der Waals surface area contributed by atoms with Gasteiger partial charge in [-0.05, 0) is 63.5 Å². The Morgan fingerprint density at radius 1 is 1.23 bits per heavy atom. The van der Waals surface area contributed by atoms with Gasteiger partial charge in [-0.3, -0.25) is 9.59 Å². The van der Waals surface area contributed by atoms with Gasteiger partial charge in [0.1, 0.15) is 0 Å². The summed E-state index contributed by atoms with van der Waals surface area (Å²) in [6.45, 7) is 9.50. The largest absolute Gasteiger partial charge is 0.350 e. The minimum absolute atomic E-state index is 0.00882. The van der Waals surface area contributed by atoms with E-state index in [-0.39, 0.29) is 23.8 Å². The summed E-state index contributed by atoms with van der Waals surface area (Å²) in [4.78, 5) is 24.3. The highest BCUT2D eigenvalue weighted by Crippen LogP contribution is 2.20. The molecule has 2 amide bonds. The van der Waals surface area contributed by atoms with Crippen LogP contribution in [0.5, 0.6) is 0 Å².